The van der Waals surface area contributed by atoms with Crippen molar-refractivity contribution in [3.63, 3.8) is 0 Å². The number of aromatic nitrogens is 4. The highest BCUT2D eigenvalue weighted by atomic mass is 16.5. The van der Waals surface area contributed by atoms with Gasteiger partial charge in [0.1, 0.15) is 12.4 Å². The average molecular weight is 356 g/mol. The van der Waals surface area contributed by atoms with Gasteiger partial charge in [0.05, 0.1) is 5.69 Å². The topological polar surface area (TPSA) is 69.9 Å². The van der Waals surface area contributed by atoms with Gasteiger partial charge in [-0.3, -0.25) is 4.79 Å². The van der Waals surface area contributed by atoms with Gasteiger partial charge in [-0.15, -0.1) is 5.10 Å². The van der Waals surface area contributed by atoms with Crippen molar-refractivity contribution in [1.29, 1.82) is 0 Å². The lowest BCUT2D eigenvalue weighted by Gasteiger charge is -2.08. The summed E-state index contributed by atoms with van der Waals surface area (Å²) >= 11 is 0. The highest BCUT2D eigenvalue weighted by Gasteiger charge is 2.10. The fourth-order valence-corrected chi connectivity index (χ4v) is 2.67. The molecule has 0 radical (unpaired) electrons. The fourth-order valence-electron chi connectivity index (χ4n) is 2.67. The van der Waals surface area contributed by atoms with Gasteiger partial charge in [-0.05, 0) is 46.8 Å². The minimum absolute atomic E-state index is 0.0184. The molecule has 6 heteroatoms. The van der Waals surface area contributed by atoms with Crippen LogP contribution in [0.1, 0.15) is 21.7 Å². The summed E-state index contributed by atoms with van der Waals surface area (Å²) in [7, 11) is 0. The molecular formula is C21H16N4O2. The predicted molar refractivity (Wildman–Crippen MR) is 99.8 cm³/mol. The van der Waals surface area contributed by atoms with Gasteiger partial charge in [-0.1, -0.05) is 48.5 Å². The van der Waals surface area contributed by atoms with E-state index in [1.807, 2.05) is 48.5 Å². The smallest absolute Gasteiger partial charge is 0.194 e. The lowest BCUT2D eigenvalue weighted by molar-refractivity contribution is 0.103. The van der Waals surface area contributed by atoms with Crippen molar-refractivity contribution in [2.24, 2.45) is 0 Å². The Morgan fingerprint density at radius 3 is 2.15 bits per heavy atom. The lowest BCUT2D eigenvalue weighted by atomic mass is 10.0. The maximum Gasteiger partial charge on any atom is 0.194 e. The molecule has 0 saturated heterocycles. The van der Waals surface area contributed by atoms with Gasteiger partial charge in [0.25, 0.3) is 0 Å². The minimum Gasteiger partial charge on any atom is -0.486 e. The molecule has 27 heavy (non-hydrogen) atoms. The van der Waals surface area contributed by atoms with Crippen LogP contribution >= 0.6 is 0 Å². The first kappa shape index (κ1) is 16.7. The van der Waals surface area contributed by atoms with E-state index in [2.05, 4.69) is 15.5 Å². The Morgan fingerprint density at radius 1 is 0.815 bits per heavy atom. The molecule has 6 nitrogen and oxygen atoms in total. The van der Waals surface area contributed by atoms with Crippen molar-refractivity contribution in [3.05, 3.63) is 102 Å². The van der Waals surface area contributed by atoms with Crippen LogP contribution in [0, 0.1) is 0 Å². The predicted octanol–water partition coefficient (Wildman–Crippen LogP) is 3.47. The molecule has 0 amide bonds. The molecule has 1 heterocycles. The van der Waals surface area contributed by atoms with E-state index in [0.717, 1.165) is 5.69 Å². The van der Waals surface area contributed by atoms with Crippen molar-refractivity contribution >= 4 is 5.78 Å². The van der Waals surface area contributed by atoms with E-state index < -0.39 is 0 Å². The zero-order chi connectivity index (χ0) is 18.5. The summed E-state index contributed by atoms with van der Waals surface area (Å²) < 4.78 is 7.41. The van der Waals surface area contributed by atoms with Gasteiger partial charge in [0.15, 0.2) is 11.6 Å². The second-order valence-electron chi connectivity index (χ2n) is 5.85. The maximum absolute atomic E-state index is 12.4. The summed E-state index contributed by atoms with van der Waals surface area (Å²) in [5.41, 5.74) is 2.14. The Hall–Kier alpha value is -3.80. The van der Waals surface area contributed by atoms with Gasteiger partial charge in [0, 0.05) is 11.1 Å². The molecule has 4 rings (SSSR count). The maximum atomic E-state index is 12.4. The van der Waals surface area contributed by atoms with Crippen LogP contribution in [0.4, 0.5) is 0 Å². The average Bonchev–Trinajstić information content (AvgIpc) is 3.22. The summed E-state index contributed by atoms with van der Waals surface area (Å²) in [6.45, 7) is 0.216. The Labute approximate surface area is 156 Å². The number of para-hydroxylation sites is 1. The summed E-state index contributed by atoms with van der Waals surface area (Å²) in [6.07, 6.45) is 0. The molecule has 132 valence electrons. The Balaban J connectivity index is 1.45. The molecule has 0 aliphatic carbocycles. The van der Waals surface area contributed by atoms with E-state index in [0.29, 0.717) is 22.7 Å². The molecule has 0 aliphatic rings. The van der Waals surface area contributed by atoms with Crippen LogP contribution in [-0.4, -0.2) is 26.0 Å². The molecule has 0 unspecified atom stereocenters. The molecule has 0 atom stereocenters. The van der Waals surface area contributed by atoms with E-state index >= 15 is 0 Å². The van der Waals surface area contributed by atoms with Crippen LogP contribution in [0.15, 0.2) is 84.9 Å². The second-order valence-corrected chi connectivity index (χ2v) is 5.85. The monoisotopic (exact) mass is 356 g/mol. The van der Waals surface area contributed by atoms with Crippen molar-refractivity contribution in [3.8, 4) is 11.4 Å². The highest BCUT2D eigenvalue weighted by Crippen LogP contribution is 2.17. The third kappa shape index (κ3) is 3.74. The molecule has 0 spiro atoms. The first-order chi connectivity index (χ1) is 13.3. The third-order valence-electron chi connectivity index (χ3n) is 4.06. The van der Waals surface area contributed by atoms with Crippen LogP contribution in [0.3, 0.4) is 0 Å². The molecule has 4 aromatic rings. The van der Waals surface area contributed by atoms with Crippen LogP contribution in [0.5, 0.6) is 5.75 Å². The van der Waals surface area contributed by atoms with Gasteiger partial charge in [-0.25, -0.2) is 0 Å². The first-order valence-corrected chi connectivity index (χ1v) is 8.46. The van der Waals surface area contributed by atoms with Crippen molar-refractivity contribution in [1.82, 2.24) is 20.2 Å². The Kier molecular flexibility index (Phi) is 4.70. The van der Waals surface area contributed by atoms with Crippen molar-refractivity contribution < 1.29 is 9.53 Å². The number of carbonyl (C=O) groups is 1. The molecule has 0 fully saturated rings. The zero-order valence-corrected chi connectivity index (χ0v) is 14.4. The normalized spacial score (nSPS) is 10.5. The van der Waals surface area contributed by atoms with Crippen LogP contribution < -0.4 is 4.74 Å². The van der Waals surface area contributed by atoms with E-state index in [9.17, 15) is 4.79 Å². The minimum atomic E-state index is -0.0184. The fraction of sp³-hybridized carbons (Fsp3) is 0.0476. The number of hydrogen-bond acceptors (Lipinski definition) is 5. The SMILES string of the molecule is O=C(c1ccccc1)c1ccc(OCc2nnnn2-c2ccccc2)cc1. The number of ether oxygens (including phenoxy) is 1. The second kappa shape index (κ2) is 7.61. The number of rotatable bonds is 6. The summed E-state index contributed by atoms with van der Waals surface area (Å²) in [5, 5.41) is 11.7. The molecule has 1 aromatic heterocycles. The van der Waals surface area contributed by atoms with E-state index in [4.69, 9.17) is 4.74 Å². The summed E-state index contributed by atoms with van der Waals surface area (Å²) in [4.78, 5) is 12.4. The molecule has 0 aliphatic heterocycles. The van der Waals surface area contributed by atoms with E-state index in [-0.39, 0.29) is 12.4 Å². The molecule has 0 bridgehead atoms. The van der Waals surface area contributed by atoms with Crippen LogP contribution in [0.25, 0.3) is 5.69 Å². The van der Waals surface area contributed by atoms with E-state index in [1.165, 1.54) is 0 Å². The summed E-state index contributed by atoms with van der Waals surface area (Å²) in [6, 6.07) is 25.9. The number of hydrogen-bond donors (Lipinski definition) is 0. The quantitative estimate of drug-likeness (QED) is 0.495. The molecular weight excluding hydrogens is 340 g/mol. The van der Waals surface area contributed by atoms with Gasteiger partial charge >= 0.3 is 0 Å². The van der Waals surface area contributed by atoms with E-state index in [1.54, 1.807) is 41.1 Å². The highest BCUT2D eigenvalue weighted by molar-refractivity contribution is 6.08. The lowest BCUT2D eigenvalue weighted by Crippen LogP contribution is -2.07. The third-order valence-corrected chi connectivity index (χ3v) is 4.06. The number of benzene rings is 3. The zero-order valence-electron chi connectivity index (χ0n) is 14.4. The number of nitrogens with zero attached hydrogens (tertiary/aromatic N) is 4. The largest absolute Gasteiger partial charge is 0.486 e. The van der Waals surface area contributed by atoms with Crippen LogP contribution in [-0.2, 0) is 6.61 Å². The summed E-state index contributed by atoms with van der Waals surface area (Å²) in [5.74, 6) is 1.21. The molecule has 3 aromatic carbocycles. The standard InChI is InChI=1S/C21H16N4O2/c26-21(16-7-3-1-4-8-16)17-11-13-19(14-12-17)27-15-20-22-23-24-25(20)18-9-5-2-6-10-18/h1-14H,15H2. The van der Waals surface area contributed by atoms with Crippen molar-refractivity contribution in [2.75, 3.05) is 0 Å². The molecule has 0 N–H and O–H groups in total. The van der Waals surface area contributed by atoms with Crippen LogP contribution in [0.2, 0.25) is 0 Å². The Morgan fingerprint density at radius 2 is 1.44 bits per heavy atom. The van der Waals surface area contributed by atoms with Gasteiger partial charge < -0.3 is 4.74 Å². The first-order valence-electron chi connectivity index (χ1n) is 8.46. The number of ketones is 1. The number of carbonyl (C=O) groups excluding carboxylic acids is 1. The number of tetrazole rings is 1. The molecule has 0 saturated carbocycles. The van der Waals surface area contributed by atoms with Gasteiger partial charge in [0.2, 0.25) is 0 Å². The van der Waals surface area contributed by atoms with Gasteiger partial charge in [-0.2, -0.15) is 4.68 Å². The Bertz CT molecular complexity index is 1030. The van der Waals surface area contributed by atoms with Crippen molar-refractivity contribution in [2.45, 2.75) is 6.61 Å².